The molecule has 2 aromatic carbocycles. The summed E-state index contributed by atoms with van der Waals surface area (Å²) in [6, 6.07) is 12.3. The molecule has 0 heterocycles. The van der Waals surface area contributed by atoms with Crippen molar-refractivity contribution in [3.63, 3.8) is 0 Å². The predicted octanol–water partition coefficient (Wildman–Crippen LogP) is 5.58. The van der Waals surface area contributed by atoms with Crippen LogP contribution in [0.4, 0.5) is 5.69 Å². The molecule has 1 N–H and O–H groups in total. The molecule has 9 heteroatoms. The molecular formula is C26H34Cl2N2O5. The van der Waals surface area contributed by atoms with Crippen LogP contribution in [0.2, 0.25) is 10.0 Å². The largest absolute Gasteiger partial charge is 0.476 e. The van der Waals surface area contributed by atoms with Crippen LogP contribution >= 0.6 is 23.2 Å². The maximum Gasteiger partial charge on any atom is 0.350 e. The van der Waals surface area contributed by atoms with Crippen molar-refractivity contribution in [3.05, 3.63) is 58.1 Å². The number of carbonyl (C=O) groups excluding carboxylic acids is 2. The standard InChI is InChI=1S/C26H34Cl2N2O5/c1-25(2,3)35-24(32)26(4,5)34-20-10-7-18(8-11-20)16-30(13-14-33-6)17-23(31)29-22-12-9-19(27)15-21(22)28/h7-12,15H,13-14,16-17H2,1-6H3,(H,29,31). The molecule has 0 aliphatic heterocycles. The molecule has 0 saturated heterocycles. The number of nitrogens with one attached hydrogen (secondary N) is 1. The highest BCUT2D eigenvalue weighted by Gasteiger charge is 2.34. The lowest BCUT2D eigenvalue weighted by Gasteiger charge is -2.29. The quantitative estimate of drug-likeness (QED) is 0.386. The third-order valence-corrected chi connectivity index (χ3v) is 5.32. The maximum atomic E-state index is 12.6. The second-order valence-electron chi connectivity index (χ2n) is 9.63. The predicted molar refractivity (Wildman–Crippen MR) is 139 cm³/mol. The zero-order valence-electron chi connectivity index (χ0n) is 21.1. The average Bonchev–Trinajstić information content (AvgIpc) is 2.74. The van der Waals surface area contributed by atoms with Gasteiger partial charge in [0.05, 0.1) is 23.9 Å². The molecule has 2 rings (SSSR count). The highest BCUT2D eigenvalue weighted by molar-refractivity contribution is 6.36. The molecule has 0 aromatic heterocycles. The lowest BCUT2D eigenvalue weighted by Crippen LogP contribution is -2.43. The smallest absolute Gasteiger partial charge is 0.350 e. The summed E-state index contributed by atoms with van der Waals surface area (Å²) in [6.07, 6.45) is 0. The van der Waals surface area contributed by atoms with Gasteiger partial charge in [-0.3, -0.25) is 9.69 Å². The van der Waals surface area contributed by atoms with Crippen LogP contribution in [-0.2, 0) is 25.6 Å². The molecule has 0 spiro atoms. The molecular weight excluding hydrogens is 491 g/mol. The first-order valence-electron chi connectivity index (χ1n) is 11.3. The van der Waals surface area contributed by atoms with E-state index in [0.29, 0.717) is 41.2 Å². The first-order valence-corrected chi connectivity index (χ1v) is 12.0. The van der Waals surface area contributed by atoms with Crippen LogP contribution in [0.15, 0.2) is 42.5 Å². The van der Waals surface area contributed by atoms with Crippen LogP contribution in [0.25, 0.3) is 0 Å². The molecule has 0 saturated carbocycles. The van der Waals surface area contributed by atoms with Gasteiger partial charge in [-0.1, -0.05) is 35.3 Å². The summed E-state index contributed by atoms with van der Waals surface area (Å²) in [6.45, 7) is 10.5. The third-order valence-electron chi connectivity index (χ3n) is 4.78. The highest BCUT2D eigenvalue weighted by atomic mass is 35.5. The van der Waals surface area contributed by atoms with E-state index in [1.54, 1.807) is 51.3 Å². The molecule has 0 radical (unpaired) electrons. The van der Waals surface area contributed by atoms with Crippen molar-refractivity contribution in [1.29, 1.82) is 0 Å². The number of benzene rings is 2. The molecule has 0 atom stereocenters. The number of methoxy groups -OCH3 is 1. The van der Waals surface area contributed by atoms with E-state index in [1.807, 2.05) is 37.8 Å². The van der Waals surface area contributed by atoms with Crippen molar-refractivity contribution < 1.29 is 23.8 Å². The monoisotopic (exact) mass is 524 g/mol. The number of rotatable bonds is 11. The minimum absolute atomic E-state index is 0.145. The Morgan fingerprint density at radius 3 is 2.23 bits per heavy atom. The summed E-state index contributed by atoms with van der Waals surface area (Å²) in [5.41, 5.74) is -0.263. The summed E-state index contributed by atoms with van der Waals surface area (Å²) >= 11 is 12.1. The van der Waals surface area contributed by atoms with E-state index in [0.717, 1.165) is 5.56 Å². The molecule has 0 bridgehead atoms. The van der Waals surface area contributed by atoms with Gasteiger partial charge >= 0.3 is 5.97 Å². The fraction of sp³-hybridized carbons (Fsp3) is 0.462. The molecule has 0 aliphatic carbocycles. The summed E-state index contributed by atoms with van der Waals surface area (Å²) in [5, 5.41) is 3.69. The number of carbonyl (C=O) groups is 2. The van der Waals surface area contributed by atoms with E-state index in [-0.39, 0.29) is 12.5 Å². The minimum atomic E-state index is -1.14. The van der Waals surface area contributed by atoms with Crippen molar-refractivity contribution in [1.82, 2.24) is 4.90 Å². The van der Waals surface area contributed by atoms with Crippen molar-refractivity contribution in [2.24, 2.45) is 0 Å². The average molecular weight is 525 g/mol. The van der Waals surface area contributed by atoms with E-state index in [9.17, 15) is 9.59 Å². The summed E-state index contributed by atoms with van der Waals surface area (Å²) in [7, 11) is 1.62. The van der Waals surface area contributed by atoms with Crippen LogP contribution in [0.1, 0.15) is 40.2 Å². The Morgan fingerprint density at radius 1 is 1.00 bits per heavy atom. The Kier molecular flexibility index (Phi) is 10.4. The molecule has 35 heavy (non-hydrogen) atoms. The van der Waals surface area contributed by atoms with Crippen molar-refractivity contribution >= 4 is 40.8 Å². The zero-order valence-corrected chi connectivity index (χ0v) is 22.6. The fourth-order valence-corrected chi connectivity index (χ4v) is 3.53. The number of ether oxygens (including phenoxy) is 3. The number of anilines is 1. The van der Waals surface area contributed by atoms with Crippen LogP contribution in [-0.4, -0.2) is 54.8 Å². The number of nitrogens with zero attached hydrogens (tertiary/aromatic N) is 1. The SMILES string of the molecule is COCCN(CC(=O)Nc1ccc(Cl)cc1Cl)Cc1ccc(OC(C)(C)C(=O)OC(C)(C)C)cc1. The van der Waals surface area contributed by atoms with E-state index >= 15 is 0 Å². The first kappa shape index (κ1) is 28.9. The van der Waals surface area contributed by atoms with Gasteiger partial charge < -0.3 is 19.5 Å². The summed E-state index contributed by atoms with van der Waals surface area (Å²) in [5.74, 6) is -0.0980. The number of amides is 1. The van der Waals surface area contributed by atoms with Gasteiger partial charge in [-0.05, 0) is 70.5 Å². The molecule has 7 nitrogen and oxygen atoms in total. The van der Waals surface area contributed by atoms with E-state index in [4.69, 9.17) is 37.4 Å². The van der Waals surface area contributed by atoms with Crippen molar-refractivity contribution in [2.75, 3.05) is 32.1 Å². The summed E-state index contributed by atoms with van der Waals surface area (Å²) < 4.78 is 16.5. The van der Waals surface area contributed by atoms with Gasteiger partial charge in [-0.2, -0.15) is 0 Å². The van der Waals surface area contributed by atoms with Crippen LogP contribution in [0.5, 0.6) is 5.75 Å². The maximum absolute atomic E-state index is 12.6. The van der Waals surface area contributed by atoms with Crippen LogP contribution in [0.3, 0.4) is 0 Å². The van der Waals surface area contributed by atoms with Gasteiger partial charge in [0.15, 0.2) is 5.60 Å². The molecule has 2 aromatic rings. The Labute approximate surface area is 217 Å². The number of esters is 1. The van der Waals surface area contributed by atoms with Gasteiger partial charge in [0.25, 0.3) is 0 Å². The molecule has 1 amide bonds. The van der Waals surface area contributed by atoms with Crippen LogP contribution < -0.4 is 10.1 Å². The topological polar surface area (TPSA) is 77.1 Å². The van der Waals surface area contributed by atoms with E-state index in [2.05, 4.69) is 5.32 Å². The van der Waals surface area contributed by atoms with Gasteiger partial charge in [0.1, 0.15) is 11.4 Å². The second kappa shape index (κ2) is 12.6. The lowest BCUT2D eigenvalue weighted by atomic mass is 10.1. The van der Waals surface area contributed by atoms with Gasteiger partial charge in [0.2, 0.25) is 5.91 Å². The normalized spacial score (nSPS) is 11.9. The summed E-state index contributed by atoms with van der Waals surface area (Å²) in [4.78, 5) is 27.0. The molecule has 0 aliphatic rings. The minimum Gasteiger partial charge on any atom is -0.476 e. The lowest BCUT2D eigenvalue weighted by molar-refractivity contribution is -0.170. The Bertz CT molecular complexity index is 1000. The molecule has 0 fully saturated rings. The Hall–Kier alpha value is -2.32. The Balaban J connectivity index is 2.01. The zero-order chi connectivity index (χ0) is 26.2. The van der Waals surface area contributed by atoms with Crippen molar-refractivity contribution in [3.8, 4) is 5.75 Å². The number of hydrogen-bond donors (Lipinski definition) is 1. The van der Waals surface area contributed by atoms with E-state index in [1.165, 1.54) is 0 Å². The first-order chi connectivity index (χ1) is 16.3. The van der Waals surface area contributed by atoms with Gasteiger partial charge in [-0.25, -0.2) is 4.79 Å². The number of hydrogen-bond acceptors (Lipinski definition) is 6. The van der Waals surface area contributed by atoms with Crippen LogP contribution in [0, 0.1) is 0 Å². The van der Waals surface area contributed by atoms with Gasteiger partial charge in [0, 0.05) is 25.2 Å². The highest BCUT2D eigenvalue weighted by Crippen LogP contribution is 2.26. The van der Waals surface area contributed by atoms with E-state index < -0.39 is 17.2 Å². The molecule has 0 unspecified atom stereocenters. The second-order valence-corrected chi connectivity index (χ2v) is 10.5. The van der Waals surface area contributed by atoms with Gasteiger partial charge in [-0.15, -0.1) is 0 Å². The Morgan fingerprint density at radius 2 is 1.66 bits per heavy atom. The third kappa shape index (κ3) is 10.1. The van der Waals surface area contributed by atoms with Crippen molar-refractivity contribution in [2.45, 2.75) is 52.4 Å². The fourth-order valence-electron chi connectivity index (χ4n) is 3.08. The molecule has 192 valence electrons. The number of halogens is 2.